The number of anilines is 1. The van der Waals surface area contributed by atoms with Crippen LogP contribution < -0.4 is 5.73 Å². The predicted octanol–water partition coefficient (Wildman–Crippen LogP) is 0.0911. The molecule has 0 fully saturated rings. The van der Waals surface area contributed by atoms with E-state index in [0.29, 0.717) is 0 Å². The first kappa shape index (κ1) is 22.9. The Morgan fingerprint density at radius 2 is 1.80 bits per heavy atom. The van der Waals surface area contributed by atoms with Crippen molar-refractivity contribution in [1.29, 1.82) is 0 Å². The molecule has 0 radical (unpaired) electrons. The highest BCUT2D eigenvalue weighted by molar-refractivity contribution is 7.66. The summed E-state index contributed by atoms with van der Waals surface area (Å²) in [6, 6.07) is 0. The third kappa shape index (κ3) is 5.49. The number of ether oxygens (including phenoxy) is 1. The number of aliphatic hydroxyl groups is 1. The van der Waals surface area contributed by atoms with Gasteiger partial charge in [-0.2, -0.15) is 8.62 Å². The number of nitrogen functional groups attached to an aromatic ring is 1. The molecular weight excluding hydrogens is 475 g/mol. The fraction of sp³-hybridized carbons (Fsp3) is 0.300. The zero-order valence-electron chi connectivity index (χ0n) is 14.4. The van der Waals surface area contributed by atoms with Gasteiger partial charge in [-0.25, -0.2) is 28.6 Å². The second-order valence-corrected chi connectivity index (χ2v) is 10.00. The Labute approximate surface area is 166 Å². The molecule has 3 rings (SSSR count). The van der Waals surface area contributed by atoms with Crippen molar-refractivity contribution >= 4 is 40.4 Å². The van der Waals surface area contributed by atoms with Crippen LogP contribution in [-0.4, -0.2) is 56.9 Å². The normalized spacial score (nSPS) is 23.8. The molecule has 30 heavy (non-hydrogen) atoms. The molecule has 1 aliphatic heterocycles. The fourth-order valence-corrected chi connectivity index (χ4v) is 5.34. The van der Waals surface area contributed by atoms with Crippen LogP contribution in [-0.2, 0) is 31.6 Å². The molecule has 0 amide bonds. The van der Waals surface area contributed by atoms with Crippen molar-refractivity contribution in [3.05, 3.63) is 24.5 Å². The van der Waals surface area contributed by atoms with Gasteiger partial charge in [-0.1, -0.05) is 0 Å². The average Bonchev–Trinajstić information content (AvgIpc) is 3.14. The molecule has 7 N–H and O–H groups in total. The third-order valence-corrected chi connectivity index (χ3v) is 7.22. The van der Waals surface area contributed by atoms with Gasteiger partial charge in [-0.15, -0.1) is 0 Å². The summed E-state index contributed by atoms with van der Waals surface area (Å²) in [7, 11) is -16.5. The Morgan fingerprint density at radius 3 is 2.47 bits per heavy atom. The average molecular weight is 489 g/mol. The smallest absolute Gasteiger partial charge is 0.490 e. The Kier molecular flexibility index (Phi) is 6.17. The first-order valence-corrected chi connectivity index (χ1v) is 12.1. The van der Waals surface area contributed by atoms with Crippen LogP contribution in [0.5, 0.6) is 0 Å². The van der Waals surface area contributed by atoms with Crippen molar-refractivity contribution in [3.8, 4) is 0 Å². The summed E-state index contributed by atoms with van der Waals surface area (Å²) < 4.78 is 52.1. The van der Waals surface area contributed by atoms with Gasteiger partial charge >= 0.3 is 23.5 Å². The summed E-state index contributed by atoms with van der Waals surface area (Å²) in [4.78, 5) is 47.3. The van der Waals surface area contributed by atoms with Crippen LogP contribution in [0.4, 0.5) is 5.82 Å². The van der Waals surface area contributed by atoms with Gasteiger partial charge < -0.3 is 35.2 Å². The van der Waals surface area contributed by atoms with Crippen molar-refractivity contribution in [2.75, 3.05) is 12.3 Å². The molecular formula is C10H14N5O12P3. The van der Waals surface area contributed by atoms with E-state index in [4.69, 9.17) is 25.2 Å². The van der Waals surface area contributed by atoms with Gasteiger partial charge in [0.05, 0.1) is 12.9 Å². The molecule has 0 saturated heterocycles. The van der Waals surface area contributed by atoms with Gasteiger partial charge in [0.1, 0.15) is 23.7 Å². The summed E-state index contributed by atoms with van der Waals surface area (Å²) in [5.74, 6) is -0.323. The zero-order valence-corrected chi connectivity index (χ0v) is 17.1. The van der Waals surface area contributed by atoms with E-state index in [0.717, 1.165) is 0 Å². The lowest BCUT2D eigenvalue weighted by Gasteiger charge is -2.19. The van der Waals surface area contributed by atoms with Crippen LogP contribution in [0, 0.1) is 0 Å². The van der Waals surface area contributed by atoms with Crippen molar-refractivity contribution < 1.29 is 56.3 Å². The molecule has 2 unspecified atom stereocenters. The van der Waals surface area contributed by atoms with E-state index in [1.54, 1.807) is 0 Å². The maximum absolute atomic E-state index is 11.7. The Bertz CT molecular complexity index is 1130. The molecule has 166 valence electrons. The van der Waals surface area contributed by atoms with E-state index in [9.17, 15) is 23.7 Å². The zero-order chi connectivity index (χ0) is 22.3. The molecule has 0 saturated carbocycles. The molecule has 4 atom stereocenters. The number of hydrogen-bond donors (Lipinski definition) is 6. The van der Waals surface area contributed by atoms with Crippen molar-refractivity contribution in [1.82, 2.24) is 19.5 Å². The van der Waals surface area contributed by atoms with Gasteiger partial charge in [0, 0.05) is 6.08 Å². The fourth-order valence-electron chi connectivity index (χ4n) is 2.32. The summed E-state index contributed by atoms with van der Waals surface area (Å²) in [6.07, 6.45) is 1.39. The number of nitrogens with two attached hydrogens (primary N) is 1. The Morgan fingerprint density at radius 1 is 1.10 bits per heavy atom. The second kappa shape index (κ2) is 8.07. The maximum Gasteiger partial charge on any atom is 0.490 e. The molecule has 1 aliphatic rings. The van der Waals surface area contributed by atoms with Crippen LogP contribution in [0.2, 0.25) is 0 Å². The van der Waals surface area contributed by atoms with E-state index in [1.807, 2.05) is 0 Å². The largest absolute Gasteiger partial charge is 0.510 e. The number of aromatic nitrogens is 4. The number of hydrogen-bond acceptors (Lipinski definition) is 12. The molecule has 3 heterocycles. The second-order valence-electron chi connectivity index (χ2n) is 5.58. The quantitative estimate of drug-likeness (QED) is 0.268. The van der Waals surface area contributed by atoms with E-state index in [2.05, 4.69) is 28.1 Å². The predicted molar refractivity (Wildman–Crippen MR) is 94.2 cm³/mol. The van der Waals surface area contributed by atoms with Gasteiger partial charge in [0.25, 0.3) is 0 Å². The van der Waals surface area contributed by atoms with Gasteiger partial charge in [-0.3, -0.25) is 9.09 Å². The van der Waals surface area contributed by atoms with Crippen LogP contribution in [0.25, 0.3) is 11.2 Å². The number of phosphoric ester groups is 1. The highest BCUT2D eigenvalue weighted by Crippen LogP contribution is 2.66. The summed E-state index contributed by atoms with van der Waals surface area (Å²) in [6.45, 7) is -0.855. The van der Waals surface area contributed by atoms with Crippen molar-refractivity contribution in [3.63, 3.8) is 0 Å². The number of phosphoric acid groups is 3. The van der Waals surface area contributed by atoms with Crippen LogP contribution >= 0.6 is 23.5 Å². The standard InChI is InChI=1S/C10H14N5O12P3/c11-9-8-10(13-3-12-9)15(4-14-8)7-1-5(16)6(25-7)2-24-29(20,21)27-30(22,23)26-28(17,18)19/h1,3-4,6-7,16H,2H2,(H,20,21)(H,22,23)(H2,11,12,13)(H2,17,18,19)/t6-,7-/m1/s1. The number of aliphatic hydroxyl groups excluding tert-OH is 1. The highest BCUT2D eigenvalue weighted by atomic mass is 31.3. The monoisotopic (exact) mass is 489 g/mol. The van der Waals surface area contributed by atoms with Gasteiger partial charge in [0.2, 0.25) is 0 Å². The molecule has 0 aromatic carbocycles. The molecule has 0 spiro atoms. The third-order valence-electron chi connectivity index (χ3n) is 3.41. The number of fused-ring (bicyclic) bond motifs is 1. The van der Waals surface area contributed by atoms with Gasteiger partial charge in [-0.05, 0) is 0 Å². The lowest BCUT2D eigenvalue weighted by molar-refractivity contribution is -0.0213. The van der Waals surface area contributed by atoms with E-state index >= 15 is 0 Å². The molecule has 0 aliphatic carbocycles. The van der Waals surface area contributed by atoms with Gasteiger partial charge in [0.15, 0.2) is 17.7 Å². The van der Waals surface area contributed by atoms with Crippen molar-refractivity contribution in [2.24, 2.45) is 0 Å². The number of nitrogens with zero attached hydrogens (tertiary/aromatic N) is 4. The van der Waals surface area contributed by atoms with Crippen molar-refractivity contribution in [2.45, 2.75) is 12.3 Å². The summed E-state index contributed by atoms with van der Waals surface area (Å²) in [5.41, 5.74) is 6.22. The number of imidazole rings is 1. The minimum Gasteiger partial charge on any atom is -0.510 e. The molecule has 0 bridgehead atoms. The molecule has 2 aromatic heterocycles. The molecule has 2 aromatic rings. The first-order chi connectivity index (χ1) is 13.8. The lowest BCUT2D eigenvalue weighted by atomic mass is 10.3. The minimum absolute atomic E-state index is 0.106. The molecule has 17 nitrogen and oxygen atoms in total. The molecule has 20 heteroatoms. The first-order valence-electron chi connectivity index (χ1n) is 7.54. The summed E-state index contributed by atoms with van der Waals surface area (Å²) >= 11 is 0. The van der Waals surface area contributed by atoms with E-state index < -0.39 is 48.2 Å². The number of rotatable bonds is 8. The topological polar surface area (TPSA) is 259 Å². The van der Waals surface area contributed by atoms with Crippen LogP contribution in [0.15, 0.2) is 24.5 Å². The Hall–Kier alpha value is -1.74. The SMILES string of the molecule is Nc1ncnc2c1ncn2[C@H]1C=C(O)[C@@H](COP(=O)(O)OP(=O)(O)OP(=O)(O)O)O1. The van der Waals surface area contributed by atoms with Crippen LogP contribution in [0.3, 0.4) is 0 Å². The lowest BCUT2D eigenvalue weighted by Crippen LogP contribution is -2.20. The maximum atomic E-state index is 11.7. The van der Waals surface area contributed by atoms with E-state index in [1.165, 1.54) is 23.3 Å². The highest BCUT2D eigenvalue weighted by Gasteiger charge is 2.41. The van der Waals surface area contributed by atoms with Crippen LogP contribution in [0.1, 0.15) is 6.23 Å². The Balaban J connectivity index is 1.65. The van der Waals surface area contributed by atoms with E-state index in [-0.39, 0.29) is 17.0 Å². The summed E-state index contributed by atoms with van der Waals surface area (Å²) in [5, 5.41) is 9.99. The minimum atomic E-state index is -5.65.